The van der Waals surface area contributed by atoms with Gasteiger partial charge in [0, 0.05) is 0 Å². The van der Waals surface area contributed by atoms with Crippen molar-refractivity contribution in [1.82, 2.24) is 19.9 Å². The van der Waals surface area contributed by atoms with Gasteiger partial charge in [-0.05, 0) is 74.2 Å². The molecule has 112 valence electrons. The summed E-state index contributed by atoms with van der Waals surface area (Å²) in [6.45, 7) is 8.41. The summed E-state index contributed by atoms with van der Waals surface area (Å²) in [6, 6.07) is 8.44. The molecule has 4 nitrogen and oxygen atoms in total. The number of H-pyrrole nitrogens is 2. The molecule has 0 fully saturated rings. The van der Waals surface area contributed by atoms with E-state index in [4.69, 9.17) is 0 Å². The van der Waals surface area contributed by atoms with E-state index >= 15 is 0 Å². The van der Waals surface area contributed by atoms with E-state index < -0.39 is 0 Å². The number of aryl methyl sites for hydroxylation is 4. The first-order valence-electron chi connectivity index (χ1n) is 7.35. The lowest BCUT2D eigenvalue weighted by atomic mass is 10.1. The second kappa shape index (κ2) is 5.64. The van der Waals surface area contributed by atoms with Crippen molar-refractivity contribution in [3.8, 4) is 0 Å². The predicted molar refractivity (Wildman–Crippen MR) is 91.1 cm³/mol. The Morgan fingerprint density at radius 1 is 0.591 bits per heavy atom. The van der Waals surface area contributed by atoms with E-state index in [9.17, 15) is 0 Å². The van der Waals surface area contributed by atoms with Crippen molar-refractivity contribution in [2.75, 3.05) is 0 Å². The molecule has 0 bridgehead atoms. The van der Waals surface area contributed by atoms with Gasteiger partial charge in [0.05, 0.1) is 34.7 Å². The number of aromatic nitrogens is 4. The first-order valence-corrected chi connectivity index (χ1v) is 7.35. The fourth-order valence-corrected chi connectivity index (χ4v) is 2.39. The Kier molecular flexibility index (Phi) is 3.67. The highest BCUT2D eigenvalue weighted by Crippen LogP contribution is 2.15. The molecule has 0 aliphatic heterocycles. The topological polar surface area (TPSA) is 57.4 Å². The largest absolute Gasteiger partial charge is 0.345 e. The third kappa shape index (κ3) is 2.72. The van der Waals surface area contributed by atoms with Gasteiger partial charge in [0.15, 0.2) is 0 Å². The minimum atomic E-state index is 1.05. The fraction of sp³-hybridized carbons (Fsp3) is 0.222. The van der Waals surface area contributed by atoms with Crippen LogP contribution < -0.4 is 0 Å². The van der Waals surface area contributed by atoms with Crippen molar-refractivity contribution in [3.63, 3.8) is 0 Å². The van der Waals surface area contributed by atoms with Crippen molar-refractivity contribution in [2.45, 2.75) is 27.7 Å². The minimum Gasteiger partial charge on any atom is -0.345 e. The smallest absolute Gasteiger partial charge is 0.0931 e. The van der Waals surface area contributed by atoms with Crippen molar-refractivity contribution >= 4 is 22.1 Å². The van der Waals surface area contributed by atoms with Gasteiger partial charge < -0.3 is 9.97 Å². The average molecular weight is 292 g/mol. The summed E-state index contributed by atoms with van der Waals surface area (Å²) < 4.78 is 0. The molecule has 2 aromatic carbocycles. The molecule has 0 unspecified atom stereocenters. The molecule has 0 amide bonds. The molecular weight excluding hydrogens is 272 g/mol. The molecule has 2 N–H and O–H groups in total. The molecule has 4 aromatic rings. The number of nitrogens with one attached hydrogen (secondary N) is 2. The maximum Gasteiger partial charge on any atom is 0.0931 e. The van der Waals surface area contributed by atoms with Crippen LogP contribution in [0.2, 0.25) is 0 Å². The molecule has 2 aromatic heterocycles. The van der Waals surface area contributed by atoms with Crippen molar-refractivity contribution < 1.29 is 0 Å². The number of hydrogen-bond donors (Lipinski definition) is 2. The number of nitrogens with zero attached hydrogens (tertiary/aromatic N) is 2. The SMILES string of the molecule is Cc1cc2nc[nH]c2cc1C.Cc1cc2nc[nH]c2cc1C. The third-order valence-corrected chi connectivity index (χ3v) is 4.07. The Balaban J connectivity index is 0.000000131. The van der Waals surface area contributed by atoms with Gasteiger partial charge in [0.25, 0.3) is 0 Å². The monoisotopic (exact) mass is 292 g/mol. The van der Waals surface area contributed by atoms with Crippen molar-refractivity contribution in [1.29, 1.82) is 0 Å². The summed E-state index contributed by atoms with van der Waals surface area (Å²) >= 11 is 0. The molecule has 22 heavy (non-hydrogen) atoms. The number of rotatable bonds is 0. The van der Waals surface area contributed by atoms with Crippen LogP contribution in [0.5, 0.6) is 0 Å². The second-order valence-electron chi connectivity index (χ2n) is 5.71. The second-order valence-corrected chi connectivity index (χ2v) is 5.71. The number of aromatic amines is 2. The molecule has 0 radical (unpaired) electrons. The summed E-state index contributed by atoms with van der Waals surface area (Å²) in [4.78, 5) is 14.5. The van der Waals surface area contributed by atoms with Crippen LogP contribution in [0.4, 0.5) is 0 Å². The molecule has 4 heteroatoms. The van der Waals surface area contributed by atoms with E-state index in [2.05, 4.69) is 71.9 Å². The zero-order valence-corrected chi connectivity index (χ0v) is 13.4. The van der Waals surface area contributed by atoms with Crippen LogP contribution in [0.3, 0.4) is 0 Å². The van der Waals surface area contributed by atoms with Crippen LogP contribution in [-0.2, 0) is 0 Å². The summed E-state index contributed by atoms with van der Waals surface area (Å²) in [7, 11) is 0. The Bertz CT molecular complexity index is 781. The fourth-order valence-electron chi connectivity index (χ4n) is 2.39. The molecular formula is C18H20N4. The Morgan fingerprint density at radius 3 is 1.36 bits per heavy atom. The zero-order valence-electron chi connectivity index (χ0n) is 13.4. The standard InChI is InChI=1S/2C9H10N2/c2*1-6-3-8-9(4-7(6)2)11-5-10-8/h2*3-5H,1-2H3,(H,10,11). The van der Waals surface area contributed by atoms with Crippen molar-refractivity contribution in [2.24, 2.45) is 0 Å². The van der Waals surface area contributed by atoms with Gasteiger partial charge in [-0.15, -0.1) is 0 Å². The lowest BCUT2D eigenvalue weighted by Gasteiger charge is -1.97. The van der Waals surface area contributed by atoms with E-state index in [1.807, 2.05) is 0 Å². The highest BCUT2D eigenvalue weighted by atomic mass is 14.9. The Hall–Kier alpha value is -2.62. The normalized spacial score (nSPS) is 10.7. The van der Waals surface area contributed by atoms with Gasteiger partial charge in [-0.2, -0.15) is 0 Å². The number of hydrogen-bond acceptors (Lipinski definition) is 2. The number of fused-ring (bicyclic) bond motifs is 2. The Morgan fingerprint density at radius 2 is 0.955 bits per heavy atom. The number of benzene rings is 2. The maximum atomic E-state index is 4.17. The van der Waals surface area contributed by atoms with E-state index in [-0.39, 0.29) is 0 Å². The van der Waals surface area contributed by atoms with E-state index in [0.29, 0.717) is 0 Å². The zero-order chi connectivity index (χ0) is 15.7. The first kappa shape index (κ1) is 14.3. The van der Waals surface area contributed by atoms with Crippen LogP contribution in [0, 0.1) is 27.7 Å². The van der Waals surface area contributed by atoms with Crippen LogP contribution in [0.15, 0.2) is 36.9 Å². The molecule has 0 aliphatic carbocycles. The van der Waals surface area contributed by atoms with Gasteiger partial charge >= 0.3 is 0 Å². The van der Waals surface area contributed by atoms with E-state index in [1.165, 1.54) is 22.3 Å². The van der Waals surface area contributed by atoms with Gasteiger partial charge in [-0.25, -0.2) is 9.97 Å². The number of imidazole rings is 2. The molecule has 0 saturated carbocycles. The molecule has 0 atom stereocenters. The van der Waals surface area contributed by atoms with Crippen LogP contribution in [-0.4, -0.2) is 19.9 Å². The highest BCUT2D eigenvalue weighted by molar-refractivity contribution is 5.76. The molecule has 0 aliphatic rings. The lowest BCUT2D eigenvalue weighted by molar-refractivity contribution is 1.34. The van der Waals surface area contributed by atoms with Gasteiger partial charge in [-0.1, -0.05) is 0 Å². The quantitative estimate of drug-likeness (QED) is 0.506. The maximum absolute atomic E-state index is 4.17. The van der Waals surface area contributed by atoms with E-state index in [0.717, 1.165) is 22.1 Å². The summed E-state index contributed by atoms with van der Waals surface area (Å²) in [5, 5.41) is 0. The molecule has 4 rings (SSSR count). The van der Waals surface area contributed by atoms with Crippen molar-refractivity contribution in [3.05, 3.63) is 59.2 Å². The molecule has 0 spiro atoms. The summed E-state index contributed by atoms with van der Waals surface area (Å²) in [5.74, 6) is 0. The van der Waals surface area contributed by atoms with Crippen LogP contribution >= 0.6 is 0 Å². The average Bonchev–Trinajstić information content (AvgIpc) is 3.09. The van der Waals surface area contributed by atoms with Gasteiger partial charge in [-0.3, -0.25) is 0 Å². The molecule has 2 heterocycles. The van der Waals surface area contributed by atoms with Crippen LogP contribution in [0.25, 0.3) is 22.1 Å². The summed E-state index contributed by atoms with van der Waals surface area (Å²) in [5.41, 5.74) is 9.54. The van der Waals surface area contributed by atoms with E-state index in [1.54, 1.807) is 12.7 Å². The lowest BCUT2D eigenvalue weighted by Crippen LogP contribution is -1.79. The van der Waals surface area contributed by atoms with Crippen LogP contribution in [0.1, 0.15) is 22.3 Å². The van der Waals surface area contributed by atoms with Gasteiger partial charge in [0.2, 0.25) is 0 Å². The Labute approximate surface area is 129 Å². The summed E-state index contributed by atoms with van der Waals surface area (Å²) in [6.07, 6.45) is 3.45. The first-order chi connectivity index (χ1) is 10.5. The third-order valence-electron chi connectivity index (χ3n) is 4.07. The predicted octanol–water partition coefficient (Wildman–Crippen LogP) is 4.36. The molecule has 0 saturated heterocycles. The highest BCUT2D eigenvalue weighted by Gasteiger charge is 1.98. The minimum absolute atomic E-state index is 1.05. The van der Waals surface area contributed by atoms with Gasteiger partial charge in [0.1, 0.15) is 0 Å².